The van der Waals surface area contributed by atoms with Crippen LogP contribution in [-0.4, -0.2) is 63.0 Å². The Bertz CT molecular complexity index is 241. The number of rotatable bonds is 9. The Morgan fingerprint density at radius 3 is 2.00 bits per heavy atom. The molecule has 0 aromatic rings. The molecule has 0 aromatic carbocycles. The van der Waals surface area contributed by atoms with Crippen LogP contribution in [0.5, 0.6) is 0 Å². The van der Waals surface area contributed by atoms with Crippen molar-refractivity contribution in [1.82, 2.24) is 10.2 Å². The quantitative estimate of drug-likeness (QED) is 0.659. The molecule has 1 aliphatic rings. The molecule has 0 aliphatic carbocycles. The van der Waals surface area contributed by atoms with Gasteiger partial charge in [0, 0.05) is 32.8 Å². The molecule has 2 atom stereocenters. The van der Waals surface area contributed by atoms with Crippen molar-refractivity contribution in [3.8, 4) is 0 Å². The summed E-state index contributed by atoms with van der Waals surface area (Å²) < 4.78 is 10.9. The van der Waals surface area contributed by atoms with Crippen LogP contribution in [0.15, 0.2) is 0 Å². The van der Waals surface area contributed by atoms with E-state index in [0.717, 1.165) is 19.6 Å². The van der Waals surface area contributed by atoms with E-state index in [-0.39, 0.29) is 17.7 Å². The van der Waals surface area contributed by atoms with Crippen LogP contribution >= 0.6 is 0 Å². The normalized spacial score (nSPS) is 24.4. The van der Waals surface area contributed by atoms with Crippen molar-refractivity contribution in [1.29, 1.82) is 0 Å². The molecule has 0 aromatic heterocycles. The van der Waals surface area contributed by atoms with E-state index in [1.165, 1.54) is 32.2 Å². The molecular formula is C16H34N2O2. The summed E-state index contributed by atoms with van der Waals surface area (Å²) in [6, 6.07) is 0. The second kappa shape index (κ2) is 8.98. The summed E-state index contributed by atoms with van der Waals surface area (Å²) in [5.74, 6) is 0. The molecule has 0 bridgehead atoms. The third kappa shape index (κ3) is 7.02. The Hall–Kier alpha value is -0.160. The first-order valence-corrected chi connectivity index (χ1v) is 7.99. The summed E-state index contributed by atoms with van der Waals surface area (Å²) in [7, 11) is 3.56. The molecule has 2 unspecified atom stereocenters. The summed E-state index contributed by atoms with van der Waals surface area (Å²) in [5.41, 5.74) is 0.250. The second-order valence-corrected chi connectivity index (χ2v) is 6.90. The summed E-state index contributed by atoms with van der Waals surface area (Å²) in [4.78, 5) is 2.47. The zero-order chi connectivity index (χ0) is 15.0. The van der Waals surface area contributed by atoms with E-state index in [0.29, 0.717) is 0 Å². The molecule has 20 heavy (non-hydrogen) atoms. The van der Waals surface area contributed by atoms with E-state index in [1.807, 2.05) is 0 Å². The molecule has 4 nitrogen and oxygen atoms in total. The molecule has 1 aliphatic heterocycles. The van der Waals surface area contributed by atoms with Crippen molar-refractivity contribution in [2.45, 2.75) is 64.2 Å². The highest BCUT2D eigenvalue weighted by molar-refractivity contribution is 4.85. The van der Waals surface area contributed by atoms with E-state index < -0.39 is 0 Å². The Labute approximate surface area is 125 Å². The zero-order valence-electron chi connectivity index (χ0n) is 14.1. The number of methoxy groups -OCH3 is 2. The van der Waals surface area contributed by atoms with Crippen LogP contribution in [0.25, 0.3) is 0 Å². The Balaban J connectivity index is 2.00. The predicted molar refractivity (Wildman–Crippen MR) is 84.3 cm³/mol. The second-order valence-electron chi connectivity index (χ2n) is 6.90. The molecule has 1 heterocycles. The van der Waals surface area contributed by atoms with Gasteiger partial charge in [0.15, 0.2) is 0 Å². The van der Waals surface area contributed by atoms with Crippen LogP contribution in [0.1, 0.15) is 46.5 Å². The standard InChI is InChI=1S/C16H34N2O2/c1-16(2,3)17-10-8-6-7-9-11-18-12-14(19-4)15(13-18)20-5/h14-15,17H,6-13H2,1-5H3. The van der Waals surface area contributed by atoms with E-state index >= 15 is 0 Å². The van der Waals surface area contributed by atoms with Crippen molar-refractivity contribution < 1.29 is 9.47 Å². The van der Waals surface area contributed by atoms with Crippen LogP contribution in [0.2, 0.25) is 0 Å². The zero-order valence-corrected chi connectivity index (χ0v) is 14.1. The van der Waals surface area contributed by atoms with E-state index in [9.17, 15) is 0 Å². The topological polar surface area (TPSA) is 33.7 Å². The molecule has 0 amide bonds. The number of nitrogens with zero attached hydrogens (tertiary/aromatic N) is 1. The van der Waals surface area contributed by atoms with Gasteiger partial charge in [0.05, 0.1) is 12.2 Å². The molecule has 0 spiro atoms. The number of hydrogen-bond acceptors (Lipinski definition) is 4. The van der Waals surface area contributed by atoms with Gasteiger partial charge < -0.3 is 14.8 Å². The lowest BCUT2D eigenvalue weighted by atomic mass is 10.1. The number of hydrogen-bond donors (Lipinski definition) is 1. The maximum absolute atomic E-state index is 5.46. The molecule has 1 rings (SSSR count). The summed E-state index contributed by atoms with van der Waals surface area (Å²) in [6.45, 7) is 11.0. The number of nitrogens with one attached hydrogen (secondary N) is 1. The van der Waals surface area contributed by atoms with Crippen molar-refractivity contribution in [2.75, 3.05) is 40.4 Å². The molecule has 4 heteroatoms. The summed E-state index contributed by atoms with van der Waals surface area (Å²) in [5, 5.41) is 3.54. The highest BCUT2D eigenvalue weighted by atomic mass is 16.5. The minimum absolute atomic E-state index is 0.246. The number of unbranched alkanes of at least 4 members (excludes halogenated alkanes) is 3. The monoisotopic (exact) mass is 286 g/mol. The SMILES string of the molecule is COC1CN(CCCCCCNC(C)(C)C)CC1OC. The van der Waals surface area contributed by atoms with Gasteiger partial charge in [-0.25, -0.2) is 0 Å². The largest absolute Gasteiger partial charge is 0.377 e. The Morgan fingerprint density at radius 2 is 1.50 bits per heavy atom. The average Bonchev–Trinajstić information content (AvgIpc) is 2.78. The fourth-order valence-electron chi connectivity index (χ4n) is 2.73. The van der Waals surface area contributed by atoms with Gasteiger partial charge in [0.25, 0.3) is 0 Å². The lowest BCUT2D eigenvalue weighted by molar-refractivity contribution is -0.00461. The van der Waals surface area contributed by atoms with Crippen LogP contribution in [0.4, 0.5) is 0 Å². The van der Waals surface area contributed by atoms with Crippen LogP contribution in [-0.2, 0) is 9.47 Å². The van der Waals surface area contributed by atoms with Crippen LogP contribution < -0.4 is 5.32 Å². The van der Waals surface area contributed by atoms with Gasteiger partial charge in [-0.1, -0.05) is 12.8 Å². The minimum atomic E-state index is 0.246. The lowest BCUT2D eigenvalue weighted by Gasteiger charge is -2.20. The smallest absolute Gasteiger partial charge is 0.0971 e. The van der Waals surface area contributed by atoms with Gasteiger partial charge >= 0.3 is 0 Å². The fourth-order valence-corrected chi connectivity index (χ4v) is 2.73. The van der Waals surface area contributed by atoms with Gasteiger partial charge in [-0.15, -0.1) is 0 Å². The Kier molecular flexibility index (Phi) is 8.03. The first-order valence-electron chi connectivity index (χ1n) is 7.99. The predicted octanol–water partition coefficient (Wildman–Crippen LogP) is 2.28. The van der Waals surface area contributed by atoms with E-state index in [2.05, 4.69) is 31.0 Å². The van der Waals surface area contributed by atoms with E-state index in [4.69, 9.17) is 9.47 Å². The number of likely N-dealkylation sites (tertiary alicyclic amines) is 1. The Morgan fingerprint density at radius 1 is 0.950 bits per heavy atom. The maximum atomic E-state index is 5.46. The van der Waals surface area contributed by atoms with Crippen LogP contribution in [0, 0.1) is 0 Å². The molecule has 1 fully saturated rings. The molecule has 0 radical (unpaired) electrons. The van der Waals surface area contributed by atoms with Gasteiger partial charge in [-0.05, 0) is 46.7 Å². The molecule has 120 valence electrons. The maximum Gasteiger partial charge on any atom is 0.0971 e. The molecular weight excluding hydrogens is 252 g/mol. The first-order chi connectivity index (χ1) is 9.46. The van der Waals surface area contributed by atoms with Gasteiger partial charge in [0.2, 0.25) is 0 Å². The van der Waals surface area contributed by atoms with Crippen molar-refractivity contribution >= 4 is 0 Å². The van der Waals surface area contributed by atoms with Crippen LogP contribution in [0.3, 0.4) is 0 Å². The van der Waals surface area contributed by atoms with Crippen molar-refractivity contribution in [3.05, 3.63) is 0 Å². The minimum Gasteiger partial charge on any atom is -0.377 e. The third-order valence-electron chi connectivity index (χ3n) is 3.95. The summed E-state index contributed by atoms with van der Waals surface area (Å²) >= 11 is 0. The van der Waals surface area contributed by atoms with Gasteiger partial charge in [0.1, 0.15) is 0 Å². The van der Waals surface area contributed by atoms with E-state index in [1.54, 1.807) is 14.2 Å². The highest BCUT2D eigenvalue weighted by Gasteiger charge is 2.32. The third-order valence-corrected chi connectivity index (χ3v) is 3.95. The van der Waals surface area contributed by atoms with Gasteiger partial charge in [-0.3, -0.25) is 4.90 Å². The molecule has 0 saturated carbocycles. The lowest BCUT2D eigenvalue weighted by Crippen LogP contribution is -2.36. The number of ether oxygens (including phenoxy) is 2. The fraction of sp³-hybridized carbons (Fsp3) is 1.00. The van der Waals surface area contributed by atoms with Crippen molar-refractivity contribution in [3.63, 3.8) is 0 Å². The van der Waals surface area contributed by atoms with Gasteiger partial charge in [-0.2, -0.15) is 0 Å². The highest BCUT2D eigenvalue weighted by Crippen LogP contribution is 2.16. The summed E-state index contributed by atoms with van der Waals surface area (Å²) in [6.07, 6.45) is 5.68. The molecule has 1 saturated heterocycles. The average molecular weight is 286 g/mol. The molecule has 1 N–H and O–H groups in total. The first kappa shape index (κ1) is 17.9. The van der Waals surface area contributed by atoms with Crippen molar-refractivity contribution in [2.24, 2.45) is 0 Å².